The molecule has 21 heavy (non-hydrogen) atoms. The number of carbonyl (C=O) groups excluding carboxylic acids is 2. The van der Waals surface area contributed by atoms with Crippen molar-refractivity contribution in [2.75, 3.05) is 5.32 Å². The highest BCUT2D eigenvalue weighted by molar-refractivity contribution is 5.97. The van der Waals surface area contributed by atoms with Crippen molar-refractivity contribution in [3.63, 3.8) is 0 Å². The van der Waals surface area contributed by atoms with Gasteiger partial charge in [0.15, 0.2) is 0 Å². The zero-order chi connectivity index (χ0) is 15.2. The number of nitrogens with one attached hydrogen (secondary N) is 2. The molecule has 0 spiro atoms. The Labute approximate surface area is 125 Å². The van der Waals surface area contributed by atoms with E-state index in [1.54, 1.807) is 18.2 Å². The van der Waals surface area contributed by atoms with E-state index < -0.39 is 5.91 Å². The molecule has 0 bridgehead atoms. The monoisotopic (exact) mass is 289 g/mol. The molecule has 0 saturated heterocycles. The Morgan fingerprint density at radius 1 is 1.14 bits per heavy atom. The van der Waals surface area contributed by atoms with Crippen molar-refractivity contribution in [1.82, 2.24) is 5.32 Å². The Kier molecular flexibility index (Phi) is 5.20. The van der Waals surface area contributed by atoms with Gasteiger partial charge < -0.3 is 16.4 Å². The fraction of sp³-hybridized carbons (Fsp3) is 0.500. The normalized spacial score (nSPS) is 16.0. The standard InChI is InChI=1S/C16H23N3O2/c1-11-8-9-13(10-14(11)15(17)20)19-16(21)18-12-6-4-2-3-5-7-12/h8-10,12H,2-7H2,1H3,(H2,17,20)(H2,18,19,21). The molecule has 0 aliphatic heterocycles. The molecule has 4 N–H and O–H groups in total. The summed E-state index contributed by atoms with van der Waals surface area (Å²) in [4.78, 5) is 23.3. The number of aryl methyl sites for hydroxylation is 1. The molecule has 1 aliphatic carbocycles. The number of hydrogen-bond acceptors (Lipinski definition) is 2. The zero-order valence-electron chi connectivity index (χ0n) is 12.4. The molecular formula is C16H23N3O2. The lowest BCUT2D eigenvalue weighted by Crippen LogP contribution is -2.37. The molecule has 0 heterocycles. The Balaban J connectivity index is 1.95. The van der Waals surface area contributed by atoms with Gasteiger partial charge in [-0.2, -0.15) is 0 Å². The van der Waals surface area contributed by atoms with Gasteiger partial charge in [0.2, 0.25) is 5.91 Å². The highest BCUT2D eigenvalue weighted by Gasteiger charge is 2.15. The second kappa shape index (κ2) is 7.11. The minimum Gasteiger partial charge on any atom is -0.366 e. The number of carbonyl (C=O) groups is 2. The van der Waals surface area contributed by atoms with E-state index in [4.69, 9.17) is 5.73 Å². The lowest BCUT2D eigenvalue weighted by molar-refractivity contribution is 0.0999. The second-order valence-corrected chi connectivity index (χ2v) is 5.68. The summed E-state index contributed by atoms with van der Waals surface area (Å²) in [5.41, 5.74) is 7.13. The van der Waals surface area contributed by atoms with Crippen LogP contribution >= 0.6 is 0 Å². The molecule has 114 valence electrons. The summed E-state index contributed by atoms with van der Waals surface area (Å²) < 4.78 is 0. The number of rotatable bonds is 3. The number of hydrogen-bond donors (Lipinski definition) is 3. The van der Waals surface area contributed by atoms with Gasteiger partial charge in [-0.05, 0) is 37.5 Å². The summed E-state index contributed by atoms with van der Waals surface area (Å²) in [6.07, 6.45) is 6.91. The van der Waals surface area contributed by atoms with Crippen LogP contribution in [0.1, 0.15) is 54.4 Å². The minimum atomic E-state index is -0.486. The first-order valence-corrected chi connectivity index (χ1v) is 7.54. The van der Waals surface area contributed by atoms with E-state index in [0.717, 1.165) is 18.4 Å². The number of urea groups is 1. The van der Waals surface area contributed by atoms with Crippen LogP contribution in [0.25, 0.3) is 0 Å². The fourth-order valence-electron chi connectivity index (χ4n) is 2.74. The number of nitrogens with two attached hydrogens (primary N) is 1. The third-order valence-electron chi connectivity index (χ3n) is 3.95. The first-order chi connectivity index (χ1) is 10.1. The SMILES string of the molecule is Cc1ccc(NC(=O)NC2CCCCCC2)cc1C(N)=O. The number of anilines is 1. The van der Waals surface area contributed by atoms with Crippen LogP contribution in [0.15, 0.2) is 18.2 Å². The number of benzene rings is 1. The summed E-state index contributed by atoms with van der Waals surface area (Å²) in [5, 5.41) is 5.78. The fourth-order valence-corrected chi connectivity index (χ4v) is 2.74. The van der Waals surface area contributed by atoms with E-state index in [2.05, 4.69) is 10.6 Å². The van der Waals surface area contributed by atoms with E-state index in [9.17, 15) is 9.59 Å². The predicted molar refractivity (Wildman–Crippen MR) is 83.3 cm³/mol. The molecule has 1 saturated carbocycles. The molecule has 0 unspecified atom stereocenters. The van der Waals surface area contributed by atoms with Gasteiger partial charge in [-0.1, -0.05) is 31.7 Å². The van der Waals surface area contributed by atoms with Gasteiger partial charge in [-0.3, -0.25) is 4.79 Å². The molecular weight excluding hydrogens is 266 g/mol. The highest BCUT2D eigenvalue weighted by atomic mass is 16.2. The third-order valence-corrected chi connectivity index (χ3v) is 3.95. The Bertz CT molecular complexity index is 520. The Morgan fingerprint density at radius 3 is 2.43 bits per heavy atom. The van der Waals surface area contributed by atoms with Crippen molar-refractivity contribution in [3.05, 3.63) is 29.3 Å². The molecule has 2 rings (SSSR count). The quantitative estimate of drug-likeness (QED) is 0.747. The van der Waals surface area contributed by atoms with Crippen molar-refractivity contribution >= 4 is 17.6 Å². The maximum atomic E-state index is 12.0. The van der Waals surface area contributed by atoms with E-state index >= 15 is 0 Å². The maximum Gasteiger partial charge on any atom is 0.319 e. The first kappa shape index (κ1) is 15.4. The van der Waals surface area contributed by atoms with Gasteiger partial charge in [0.05, 0.1) is 0 Å². The van der Waals surface area contributed by atoms with Crippen LogP contribution in [0.3, 0.4) is 0 Å². The van der Waals surface area contributed by atoms with Crippen LogP contribution in [-0.2, 0) is 0 Å². The van der Waals surface area contributed by atoms with Gasteiger partial charge in [0, 0.05) is 17.3 Å². The largest absolute Gasteiger partial charge is 0.366 e. The smallest absolute Gasteiger partial charge is 0.319 e. The summed E-state index contributed by atoms with van der Waals surface area (Å²) >= 11 is 0. The molecule has 1 aliphatic rings. The molecule has 1 fully saturated rings. The maximum absolute atomic E-state index is 12.0. The topological polar surface area (TPSA) is 84.2 Å². The van der Waals surface area contributed by atoms with Crippen LogP contribution in [0.5, 0.6) is 0 Å². The van der Waals surface area contributed by atoms with Gasteiger partial charge in [0.1, 0.15) is 0 Å². The Hall–Kier alpha value is -2.04. The minimum absolute atomic E-state index is 0.221. The molecule has 0 aromatic heterocycles. The lowest BCUT2D eigenvalue weighted by atomic mass is 10.1. The highest BCUT2D eigenvalue weighted by Crippen LogP contribution is 2.18. The van der Waals surface area contributed by atoms with Gasteiger partial charge in [-0.25, -0.2) is 4.79 Å². The number of primary amides is 1. The molecule has 1 aromatic carbocycles. The van der Waals surface area contributed by atoms with Crippen molar-refractivity contribution in [2.45, 2.75) is 51.5 Å². The van der Waals surface area contributed by atoms with Crippen LogP contribution < -0.4 is 16.4 Å². The van der Waals surface area contributed by atoms with Crippen molar-refractivity contribution < 1.29 is 9.59 Å². The van der Waals surface area contributed by atoms with Gasteiger partial charge >= 0.3 is 6.03 Å². The van der Waals surface area contributed by atoms with Crippen LogP contribution in [0, 0.1) is 6.92 Å². The molecule has 0 atom stereocenters. The van der Waals surface area contributed by atoms with Crippen LogP contribution in [0.2, 0.25) is 0 Å². The summed E-state index contributed by atoms with van der Waals surface area (Å²) in [6, 6.07) is 5.19. The third kappa shape index (κ3) is 4.48. The summed E-state index contributed by atoms with van der Waals surface area (Å²) in [6.45, 7) is 1.81. The van der Waals surface area contributed by atoms with Crippen molar-refractivity contribution in [1.29, 1.82) is 0 Å². The van der Waals surface area contributed by atoms with E-state index in [1.165, 1.54) is 25.7 Å². The lowest BCUT2D eigenvalue weighted by Gasteiger charge is -2.17. The first-order valence-electron chi connectivity index (χ1n) is 7.54. The van der Waals surface area contributed by atoms with Crippen molar-refractivity contribution in [3.8, 4) is 0 Å². The average molecular weight is 289 g/mol. The molecule has 0 radical (unpaired) electrons. The Morgan fingerprint density at radius 2 is 1.81 bits per heavy atom. The van der Waals surface area contributed by atoms with E-state index in [1.807, 2.05) is 6.92 Å². The molecule has 5 heteroatoms. The number of amides is 3. The predicted octanol–water partition coefficient (Wildman–Crippen LogP) is 2.94. The summed E-state index contributed by atoms with van der Waals surface area (Å²) in [5.74, 6) is -0.486. The molecule has 3 amide bonds. The molecule has 5 nitrogen and oxygen atoms in total. The van der Waals surface area contributed by atoms with Gasteiger partial charge in [0.25, 0.3) is 0 Å². The van der Waals surface area contributed by atoms with Crippen LogP contribution in [0.4, 0.5) is 10.5 Å². The van der Waals surface area contributed by atoms with E-state index in [0.29, 0.717) is 11.3 Å². The second-order valence-electron chi connectivity index (χ2n) is 5.68. The van der Waals surface area contributed by atoms with Gasteiger partial charge in [-0.15, -0.1) is 0 Å². The molecule has 1 aromatic rings. The van der Waals surface area contributed by atoms with Crippen molar-refractivity contribution in [2.24, 2.45) is 5.73 Å². The van der Waals surface area contributed by atoms with E-state index in [-0.39, 0.29) is 12.1 Å². The zero-order valence-corrected chi connectivity index (χ0v) is 12.4. The summed E-state index contributed by atoms with van der Waals surface area (Å²) in [7, 11) is 0. The van der Waals surface area contributed by atoms with Crippen LogP contribution in [-0.4, -0.2) is 18.0 Å². The average Bonchev–Trinajstić information content (AvgIpc) is 2.69.